The number of hydrogen-bond donors (Lipinski definition) is 2. The number of ether oxygens (including phenoxy) is 2. The first-order chi connectivity index (χ1) is 15.9. The molecule has 0 unspecified atom stereocenters. The van der Waals surface area contributed by atoms with Crippen molar-refractivity contribution in [3.05, 3.63) is 58.1 Å². The quantitative estimate of drug-likeness (QED) is 0.436. The molecule has 0 radical (unpaired) electrons. The minimum atomic E-state index is -3.89. The largest absolute Gasteiger partial charge is 0.458 e. The van der Waals surface area contributed by atoms with Crippen LogP contribution in [0.4, 0.5) is 10.5 Å². The number of carbonyl (C=O) groups excluding carboxylic acids is 2. The Kier molecular flexibility index (Phi) is 8.99. The van der Waals surface area contributed by atoms with Crippen LogP contribution in [0.25, 0.3) is 0 Å². The van der Waals surface area contributed by atoms with E-state index in [1.165, 1.54) is 12.1 Å². The molecule has 0 heterocycles. The Labute approximate surface area is 216 Å². The third kappa shape index (κ3) is 9.52. The van der Waals surface area contributed by atoms with Gasteiger partial charge >= 0.3 is 12.1 Å². The first kappa shape index (κ1) is 28.6. The van der Waals surface area contributed by atoms with Crippen LogP contribution in [-0.2, 0) is 30.7 Å². The lowest BCUT2D eigenvalue weighted by atomic mass is 10.0. The molecule has 0 saturated heterocycles. The van der Waals surface area contributed by atoms with Crippen molar-refractivity contribution in [3.8, 4) is 0 Å². The van der Waals surface area contributed by atoms with Gasteiger partial charge in [-0.3, -0.25) is 4.72 Å². The SMILES string of the molecule is Cc1ccc(S(=O)(=O)Nc2ccc(Br)cc2)cc1C[C@H](NC(=O)OC(C)(C)C)C(=O)OC(C)(C)C. The molecule has 0 bridgehead atoms. The van der Waals surface area contributed by atoms with Crippen LogP contribution in [0.1, 0.15) is 52.7 Å². The van der Waals surface area contributed by atoms with Gasteiger partial charge in [-0.25, -0.2) is 18.0 Å². The number of aryl methyl sites for hydroxylation is 1. The molecule has 192 valence electrons. The van der Waals surface area contributed by atoms with Crippen LogP contribution >= 0.6 is 15.9 Å². The first-order valence-electron chi connectivity index (χ1n) is 11.1. The van der Waals surface area contributed by atoms with Gasteiger partial charge in [0, 0.05) is 16.6 Å². The average molecular weight is 570 g/mol. The van der Waals surface area contributed by atoms with Crippen LogP contribution < -0.4 is 10.0 Å². The smallest absolute Gasteiger partial charge is 0.408 e. The number of anilines is 1. The Balaban J connectivity index is 2.34. The summed E-state index contributed by atoms with van der Waals surface area (Å²) in [5, 5.41) is 2.57. The number of alkyl carbamates (subject to hydrolysis) is 1. The van der Waals surface area contributed by atoms with E-state index in [0.717, 1.165) is 10.0 Å². The molecule has 10 heteroatoms. The summed E-state index contributed by atoms with van der Waals surface area (Å²) in [6.45, 7) is 12.1. The van der Waals surface area contributed by atoms with E-state index in [1.807, 2.05) is 0 Å². The van der Waals surface area contributed by atoms with Gasteiger partial charge in [0.1, 0.15) is 17.2 Å². The standard InChI is InChI=1S/C25H33BrN2O6S/c1-16-8-13-20(35(31,32)28-19-11-9-18(26)10-12-19)14-17(16)15-21(22(29)33-24(2,3)4)27-23(30)34-25(5,6)7/h8-14,21,28H,15H2,1-7H3,(H,27,30)/t21-/m0/s1. The lowest BCUT2D eigenvalue weighted by Crippen LogP contribution is -2.47. The summed E-state index contributed by atoms with van der Waals surface area (Å²) in [4.78, 5) is 25.3. The number of hydrogen-bond acceptors (Lipinski definition) is 6. The van der Waals surface area contributed by atoms with Crippen LogP contribution in [0.2, 0.25) is 0 Å². The minimum absolute atomic E-state index is 0.0155. The highest BCUT2D eigenvalue weighted by molar-refractivity contribution is 9.10. The van der Waals surface area contributed by atoms with Gasteiger partial charge in [-0.05, 0) is 96.0 Å². The highest BCUT2D eigenvalue weighted by Crippen LogP contribution is 2.22. The van der Waals surface area contributed by atoms with Gasteiger partial charge in [0.2, 0.25) is 0 Å². The van der Waals surface area contributed by atoms with Crippen LogP contribution in [0, 0.1) is 6.92 Å². The number of esters is 1. The average Bonchev–Trinajstić information content (AvgIpc) is 2.67. The molecule has 1 atom stereocenters. The molecule has 2 N–H and O–H groups in total. The number of benzene rings is 2. The van der Waals surface area contributed by atoms with Gasteiger partial charge in [0.05, 0.1) is 4.90 Å². The highest BCUT2D eigenvalue weighted by atomic mass is 79.9. The fourth-order valence-corrected chi connectivity index (χ4v) is 4.38. The molecule has 2 aromatic rings. The Morgan fingerprint density at radius 1 is 0.943 bits per heavy atom. The number of sulfonamides is 1. The summed E-state index contributed by atoms with van der Waals surface area (Å²) in [7, 11) is -3.89. The molecule has 0 aliphatic heterocycles. The topological polar surface area (TPSA) is 111 Å². The zero-order valence-electron chi connectivity index (χ0n) is 21.1. The molecule has 0 aliphatic carbocycles. The molecule has 2 rings (SSSR count). The number of amides is 1. The number of rotatable bonds is 7. The second-order valence-corrected chi connectivity index (χ2v) is 12.7. The summed E-state index contributed by atoms with van der Waals surface area (Å²) < 4.78 is 40.1. The van der Waals surface area contributed by atoms with E-state index in [4.69, 9.17) is 9.47 Å². The molecule has 0 spiro atoms. The zero-order chi connectivity index (χ0) is 26.6. The zero-order valence-corrected chi connectivity index (χ0v) is 23.5. The highest BCUT2D eigenvalue weighted by Gasteiger charge is 2.30. The van der Waals surface area contributed by atoms with E-state index in [1.54, 1.807) is 78.8 Å². The maximum Gasteiger partial charge on any atom is 0.408 e. The first-order valence-corrected chi connectivity index (χ1v) is 13.3. The summed E-state index contributed by atoms with van der Waals surface area (Å²) in [6.07, 6.45) is -0.756. The summed E-state index contributed by atoms with van der Waals surface area (Å²) in [6, 6.07) is 10.3. The summed E-state index contributed by atoms with van der Waals surface area (Å²) >= 11 is 3.32. The lowest BCUT2D eigenvalue weighted by Gasteiger charge is -2.26. The van der Waals surface area contributed by atoms with Crippen LogP contribution in [0.15, 0.2) is 51.8 Å². The van der Waals surface area contributed by atoms with Gasteiger partial charge < -0.3 is 14.8 Å². The van der Waals surface area contributed by atoms with Crippen LogP contribution in [0.5, 0.6) is 0 Å². The molecular weight excluding hydrogens is 536 g/mol. The Morgan fingerprint density at radius 2 is 1.51 bits per heavy atom. The number of nitrogens with one attached hydrogen (secondary N) is 2. The van der Waals surface area contributed by atoms with Crippen molar-refractivity contribution in [2.75, 3.05) is 4.72 Å². The third-order valence-corrected chi connectivity index (χ3v) is 6.44. The van der Waals surface area contributed by atoms with E-state index in [9.17, 15) is 18.0 Å². The van der Waals surface area contributed by atoms with Crippen molar-refractivity contribution < 1.29 is 27.5 Å². The van der Waals surface area contributed by atoms with Crippen LogP contribution in [0.3, 0.4) is 0 Å². The van der Waals surface area contributed by atoms with Crippen molar-refractivity contribution in [1.82, 2.24) is 5.32 Å². The van der Waals surface area contributed by atoms with Gasteiger partial charge in [0.25, 0.3) is 10.0 Å². The normalized spacial score (nSPS) is 13.0. The van der Waals surface area contributed by atoms with Crippen molar-refractivity contribution in [1.29, 1.82) is 0 Å². The van der Waals surface area contributed by atoms with Crippen molar-refractivity contribution in [3.63, 3.8) is 0 Å². The molecule has 0 aromatic heterocycles. The fourth-order valence-electron chi connectivity index (χ4n) is 3.00. The minimum Gasteiger partial charge on any atom is -0.458 e. The van der Waals surface area contributed by atoms with Gasteiger partial charge in [0.15, 0.2) is 0 Å². The van der Waals surface area contributed by atoms with Crippen molar-refractivity contribution >= 4 is 43.7 Å². The predicted molar refractivity (Wildman–Crippen MR) is 139 cm³/mol. The Bertz CT molecular complexity index is 1170. The Morgan fingerprint density at radius 3 is 2.06 bits per heavy atom. The van der Waals surface area contributed by atoms with Crippen molar-refractivity contribution in [2.24, 2.45) is 0 Å². The molecule has 0 aliphatic rings. The van der Waals surface area contributed by atoms with E-state index < -0.39 is 39.3 Å². The predicted octanol–water partition coefficient (Wildman–Crippen LogP) is 5.34. The molecule has 0 saturated carbocycles. The van der Waals surface area contributed by atoms with Crippen LogP contribution in [-0.4, -0.2) is 37.7 Å². The van der Waals surface area contributed by atoms with E-state index in [-0.39, 0.29) is 11.3 Å². The summed E-state index contributed by atoms with van der Waals surface area (Å²) in [5.41, 5.74) is 0.196. The molecule has 2 aromatic carbocycles. The second-order valence-electron chi connectivity index (χ2n) is 10.1. The monoisotopic (exact) mass is 568 g/mol. The number of halogens is 1. The van der Waals surface area contributed by atoms with Crippen molar-refractivity contribution in [2.45, 2.75) is 77.0 Å². The maximum atomic E-state index is 13.0. The third-order valence-electron chi connectivity index (χ3n) is 4.53. The summed E-state index contributed by atoms with van der Waals surface area (Å²) in [5.74, 6) is -0.649. The fraction of sp³-hybridized carbons (Fsp3) is 0.440. The molecule has 8 nitrogen and oxygen atoms in total. The Hall–Kier alpha value is -2.59. The maximum absolute atomic E-state index is 13.0. The van der Waals surface area contributed by atoms with Gasteiger partial charge in [-0.15, -0.1) is 0 Å². The molecule has 0 fully saturated rings. The van der Waals surface area contributed by atoms with Gasteiger partial charge in [-0.2, -0.15) is 0 Å². The van der Waals surface area contributed by atoms with Gasteiger partial charge in [-0.1, -0.05) is 22.0 Å². The second kappa shape index (κ2) is 11.0. The lowest BCUT2D eigenvalue weighted by molar-refractivity contribution is -0.157. The molecule has 1 amide bonds. The van der Waals surface area contributed by atoms with E-state index in [2.05, 4.69) is 26.0 Å². The number of carbonyl (C=O) groups is 2. The molecule has 35 heavy (non-hydrogen) atoms. The van der Waals surface area contributed by atoms with E-state index in [0.29, 0.717) is 11.3 Å². The molecular formula is C25H33BrN2O6S. The van der Waals surface area contributed by atoms with E-state index >= 15 is 0 Å².